The lowest BCUT2D eigenvalue weighted by Crippen LogP contribution is -2.15. The number of carbonyl (C=O) groups is 1. The monoisotopic (exact) mass is 382 g/mol. The molecular formula is C18H15ClN6O2. The molecular weight excluding hydrogens is 368 g/mol. The van der Waals surface area contributed by atoms with Gasteiger partial charge in [-0.15, -0.1) is 0 Å². The van der Waals surface area contributed by atoms with Crippen LogP contribution in [0.3, 0.4) is 0 Å². The van der Waals surface area contributed by atoms with E-state index < -0.39 is 0 Å². The standard InChI is InChI=1S/C18H15ClN6O2/c1-11-15(6-14(26)8-24-10-20-9-22-24)17-16(7-21-11)18(27)25(23-17)13-4-2-12(19)3-5-13/h2-5,7,9-10,21H,6,8H2,1H3. The van der Waals surface area contributed by atoms with Crippen LogP contribution in [0.4, 0.5) is 0 Å². The molecule has 0 atom stereocenters. The molecule has 3 heterocycles. The van der Waals surface area contributed by atoms with Crippen molar-refractivity contribution < 1.29 is 4.79 Å². The van der Waals surface area contributed by atoms with E-state index in [1.165, 1.54) is 22.0 Å². The first-order chi connectivity index (χ1) is 13.0. The maximum absolute atomic E-state index is 12.8. The minimum absolute atomic E-state index is 0.0574. The SMILES string of the molecule is Cc1[nH]cc2c(=O)n(-c3ccc(Cl)cc3)nc-2c1CC(=O)Cn1cncn1. The first-order valence-corrected chi connectivity index (χ1v) is 8.60. The Hall–Kier alpha value is -3.26. The van der Waals surface area contributed by atoms with Crippen molar-refractivity contribution in [3.63, 3.8) is 0 Å². The number of hydrogen-bond donors (Lipinski definition) is 1. The summed E-state index contributed by atoms with van der Waals surface area (Å²) in [5.74, 6) is -0.0574. The number of nitrogens with one attached hydrogen (secondary N) is 1. The predicted octanol–water partition coefficient (Wildman–Crippen LogP) is 2.03. The Kier molecular flexibility index (Phi) is 4.33. The largest absolute Gasteiger partial charge is 0.364 e. The van der Waals surface area contributed by atoms with Crippen molar-refractivity contribution in [1.29, 1.82) is 0 Å². The predicted molar refractivity (Wildman–Crippen MR) is 99.3 cm³/mol. The van der Waals surface area contributed by atoms with E-state index in [1.54, 1.807) is 30.5 Å². The Morgan fingerprint density at radius 1 is 1.26 bits per heavy atom. The molecule has 2 aliphatic rings. The maximum Gasteiger partial charge on any atom is 0.282 e. The highest BCUT2D eigenvalue weighted by Gasteiger charge is 2.22. The second kappa shape index (κ2) is 6.81. The lowest BCUT2D eigenvalue weighted by molar-refractivity contribution is -0.119. The summed E-state index contributed by atoms with van der Waals surface area (Å²) < 4.78 is 2.78. The van der Waals surface area contributed by atoms with Gasteiger partial charge >= 0.3 is 0 Å². The molecule has 0 spiro atoms. The van der Waals surface area contributed by atoms with E-state index in [-0.39, 0.29) is 24.3 Å². The van der Waals surface area contributed by atoms with Crippen molar-refractivity contribution >= 4 is 17.4 Å². The summed E-state index contributed by atoms with van der Waals surface area (Å²) in [4.78, 5) is 32.1. The molecule has 9 heteroatoms. The number of ketones is 1. The third-order valence-electron chi connectivity index (χ3n) is 4.30. The lowest BCUT2D eigenvalue weighted by atomic mass is 10.0. The van der Waals surface area contributed by atoms with Crippen molar-refractivity contribution in [1.82, 2.24) is 29.5 Å². The van der Waals surface area contributed by atoms with Gasteiger partial charge in [0.2, 0.25) is 0 Å². The van der Waals surface area contributed by atoms with Crippen molar-refractivity contribution in [3.05, 3.63) is 69.8 Å². The van der Waals surface area contributed by atoms with E-state index in [2.05, 4.69) is 20.2 Å². The van der Waals surface area contributed by atoms with E-state index in [1.807, 2.05) is 6.92 Å². The van der Waals surface area contributed by atoms with Gasteiger partial charge in [0.05, 0.1) is 11.3 Å². The quantitative estimate of drug-likeness (QED) is 0.569. The van der Waals surface area contributed by atoms with Gasteiger partial charge < -0.3 is 4.98 Å². The summed E-state index contributed by atoms with van der Waals surface area (Å²) in [6, 6.07) is 6.84. The molecule has 4 rings (SSSR count). The highest BCUT2D eigenvalue weighted by Crippen LogP contribution is 2.24. The summed E-state index contributed by atoms with van der Waals surface area (Å²) in [5, 5.41) is 9.00. The fourth-order valence-electron chi connectivity index (χ4n) is 2.93. The molecule has 2 aromatic rings. The number of benzene rings is 1. The maximum atomic E-state index is 12.8. The molecule has 136 valence electrons. The molecule has 0 bridgehead atoms. The smallest absolute Gasteiger partial charge is 0.282 e. The molecule has 0 fully saturated rings. The number of aryl methyl sites for hydroxylation is 1. The second-order valence-corrected chi connectivity index (χ2v) is 6.59. The fraction of sp³-hybridized carbons (Fsp3) is 0.167. The number of rotatable bonds is 5. The molecule has 0 unspecified atom stereocenters. The summed E-state index contributed by atoms with van der Waals surface area (Å²) >= 11 is 5.92. The zero-order valence-corrected chi connectivity index (χ0v) is 15.1. The number of halogens is 1. The summed E-state index contributed by atoms with van der Waals surface area (Å²) in [7, 11) is 0. The Labute approximate surface area is 158 Å². The minimum atomic E-state index is -0.256. The molecule has 27 heavy (non-hydrogen) atoms. The molecule has 0 saturated carbocycles. The topological polar surface area (TPSA) is 98.5 Å². The molecule has 0 aliphatic carbocycles. The van der Waals surface area contributed by atoms with Gasteiger partial charge in [-0.3, -0.25) is 9.59 Å². The van der Waals surface area contributed by atoms with E-state index >= 15 is 0 Å². The molecule has 2 aliphatic heterocycles. The molecule has 0 saturated heterocycles. The van der Waals surface area contributed by atoms with Gasteiger partial charge in [0.1, 0.15) is 24.9 Å². The van der Waals surface area contributed by atoms with Crippen LogP contribution in [-0.4, -0.2) is 35.3 Å². The zero-order valence-electron chi connectivity index (χ0n) is 14.4. The highest BCUT2D eigenvalue weighted by molar-refractivity contribution is 6.30. The van der Waals surface area contributed by atoms with Crippen LogP contribution in [0.25, 0.3) is 16.9 Å². The normalized spacial score (nSPS) is 11.2. The average Bonchev–Trinajstić information content (AvgIpc) is 3.26. The number of hydrogen-bond acceptors (Lipinski definition) is 5. The number of nitrogens with zero attached hydrogens (tertiary/aromatic N) is 5. The third-order valence-corrected chi connectivity index (χ3v) is 4.55. The van der Waals surface area contributed by atoms with Crippen molar-refractivity contribution in [2.45, 2.75) is 19.9 Å². The number of aromatic amines is 1. The Morgan fingerprint density at radius 2 is 2.04 bits per heavy atom. The highest BCUT2D eigenvalue weighted by atomic mass is 35.5. The summed E-state index contributed by atoms with van der Waals surface area (Å²) in [6.45, 7) is 1.96. The van der Waals surface area contributed by atoms with Gasteiger partial charge in [0, 0.05) is 28.9 Å². The average molecular weight is 383 g/mol. The zero-order chi connectivity index (χ0) is 19.0. The van der Waals surface area contributed by atoms with Crippen LogP contribution in [0, 0.1) is 6.92 Å². The Balaban J connectivity index is 1.73. The summed E-state index contributed by atoms with van der Waals surface area (Å²) in [5.41, 5.74) is 2.78. The lowest BCUT2D eigenvalue weighted by Gasteiger charge is -2.09. The van der Waals surface area contributed by atoms with Crippen molar-refractivity contribution in [3.8, 4) is 16.9 Å². The molecule has 1 aromatic carbocycles. The first-order valence-electron chi connectivity index (χ1n) is 8.23. The fourth-order valence-corrected chi connectivity index (χ4v) is 3.06. The van der Waals surface area contributed by atoms with Gasteiger partial charge in [-0.25, -0.2) is 9.67 Å². The number of aromatic nitrogens is 6. The molecule has 1 N–H and O–H groups in total. The number of H-pyrrole nitrogens is 1. The van der Waals surface area contributed by atoms with Crippen LogP contribution in [0.5, 0.6) is 0 Å². The number of fused-ring (bicyclic) bond motifs is 1. The van der Waals surface area contributed by atoms with E-state index in [0.717, 1.165) is 5.69 Å². The molecule has 1 aromatic heterocycles. The molecule has 8 nitrogen and oxygen atoms in total. The van der Waals surface area contributed by atoms with Gasteiger partial charge in [-0.05, 0) is 31.2 Å². The van der Waals surface area contributed by atoms with Crippen LogP contribution in [0.15, 0.2) is 47.9 Å². The van der Waals surface area contributed by atoms with Crippen LogP contribution in [-0.2, 0) is 17.8 Å². The second-order valence-electron chi connectivity index (χ2n) is 6.16. The van der Waals surface area contributed by atoms with Crippen LogP contribution >= 0.6 is 11.6 Å². The summed E-state index contributed by atoms with van der Waals surface area (Å²) in [6.07, 6.45) is 4.63. The van der Waals surface area contributed by atoms with Gasteiger partial charge in [0.25, 0.3) is 5.56 Å². The van der Waals surface area contributed by atoms with Gasteiger partial charge in [-0.1, -0.05) is 11.6 Å². The van der Waals surface area contributed by atoms with Crippen LogP contribution < -0.4 is 5.56 Å². The number of Topliss-reactive ketones (excluding diaryl/α,β-unsaturated/α-hetero) is 1. The van der Waals surface area contributed by atoms with Gasteiger partial charge in [0.15, 0.2) is 5.78 Å². The van der Waals surface area contributed by atoms with Crippen molar-refractivity contribution in [2.75, 3.05) is 0 Å². The van der Waals surface area contributed by atoms with E-state index in [4.69, 9.17) is 11.6 Å². The Bertz CT molecular complexity index is 1130. The minimum Gasteiger partial charge on any atom is -0.364 e. The van der Waals surface area contributed by atoms with E-state index in [0.29, 0.717) is 27.5 Å². The molecule has 0 radical (unpaired) electrons. The number of pyridine rings is 1. The Morgan fingerprint density at radius 3 is 2.74 bits per heavy atom. The molecule has 0 amide bonds. The van der Waals surface area contributed by atoms with Gasteiger partial charge in [-0.2, -0.15) is 14.9 Å². The van der Waals surface area contributed by atoms with E-state index in [9.17, 15) is 9.59 Å². The third kappa shape index (κ3) is 3.26. The van der Waals surface area contributed by atoms with Crippen LogP contribution in [0.2, 0.25) is 5.02 Å². The van der Waals surface area contributed by atoms with Crippen LogP contribution in [0.1, 0.15) is 11.3 Å². The number of carbonyl (C=O) groups excluding carboxylic acids is 1. The first kappa shape index (κ1) is 17.2. The van der Waals surface area contributed by atoms with Crippen molar-refractivity contribution in [2.24, 2.45) is 0 Å².